The Bertz CT molecular complexity index is 261. The molecule has 0 aliphatic rings. The Hall–Kier alpha value is -0.140. The summed E-state index contributed by atoms with van der Waals surface area (Å²) in [6.45, 7) is 5.84. The summed E-state index contributed by atoms with van der Waals surface area (Å²) in [5.74, 6) is -0.392. The molecular weight excluding hydrogens is 295 g/mol. The molecule has 0 aromatic heterocycles. The van der Waals surface area contributed by atoms with Gasteiger partial charge in [-0.3, -0.25) is 0 Å². The summed E-state index contributed by atoms with van der Waals surface area (Å²) in [7, 11) is 0. The van der Waals surface area contributed by atoms with Gasteiger partial charge in [-0.25, -0.2) is 0 Å². The van der Waals surface area contributed by atoms with Gasteiger partial charge in [0.05, 0.1) is 0 Å². The van der Waals surface area contributed by atoms with Crippen LogP contribution in [0.2, 0.25) is 0 Å². The van der Waals surface area contributed by atoms with Crippen LogP contribution in [0.1, 0.15) is 79.1 Å². The van der Waals surface area contributed by atoms with Gasteiger partial charge in [0, 0.05) is 0 Å². The van der Waals surface area contributed by atoms with Gasteiger partial charge in [-0.1, -0.05) is 0 Å². The summed E-state index contributed by atoms with van der Waals surface area (Å²) in [6.07, 6.45) is 13.3. The molecule has 0 aliphatic heterocycles. The third-order valence-electron chi connectivity index (χ3n) is 4.80. The van der Waals surface area contributed by atoms with E-state index in [0.717, 1.165) is 76.0 Å². The Balaban J connectivity index is 5.59. The number of carbonyl (C=O) groups is 1. The number of rotatable bonds is 14. The number of aliphatic hydroxyl groups is 1. The second-order valence-corrected chi connectivity index (χ2v) is 12.5. The Kier molecular flexibility index (Phi) is 11.3. The minimum atomic E-state index is -2.51. The molecule has 3 nitrogen and oxygen atoms in total. The standard InChI is InChI=1S/C18H39O3P/c1-5-9-13-22(14-10-6-2,15-11-7-3,16-12-8-4)21-18(20)17-19/h19H,5-17H2,1-4H3. The number of unbranched alkanes of at least 4 members (excludes halogenated alkanes) is 4. The van der Waals surface area contributed by atoms with E-state index in [1.807, 2.05) is 0 Å². The molecule has 0 saturated heterocycles. The normalized spacial score (nSPS) is 13.6. The zero-order chi connectivity index (χ0) is 16.9. The van der Waals surface area contributed by atoms with Gasteiger partial charge in [0.25, 0.3) is 0 Å². The molecule has 0 rings (SSSR count). The van der Waals surface area contributed by atoms with E-state index in [9.17, 15) is 9.90 Å². The topological polar surface area (TPSA) is 46.5 Å². The predicted octanol–water partition coefficient (Wildman–Crippen LogP) is 5.19. The molecule has 0 amide bonds. The van der Waals surface area contributed by atoms with Crippen LogP contribution in [0.5, 0.6) is 0 Å². The van der Waals surface area contributed by atoms with Gasteiger partial charge >= 0.3 is 138 Å². The van der Waals surface area contributed by atoms with E-state index < -0.39 is 19.4 Å². The first-order valence-electron chi connectivity index (χ1n) is 9.35. The Morgan fingerprint density at radius 1 is 0.773 bits per heavy atom. The van der Waals surface area contributed by atoms with Crippen molar-refractivity contribution < 1.29 is 14.4 Å². The molecule has 0 aliphatic carbocycles. The van der Waals surface area contributed by atoms with E-state index in [-0.39, 0.29) is 0 Å². The molecule has 1 N–H and O–H groups in total. The first-order valence-corrected chi connectivity index (χ1v) is 12.2. The quantitative estimate of drug-likeness (QED) is 0.445. The molecule has 0 fully saturated rings. The van der Waals surface area contributed by atoms with Crippen molar-refractivity contribution in [3.63, 3.8) is 0 Å². The van der Waals surface area contributed by atoms with Crippen LogP contribution in [0, 0.1) is 0 Å². The maximum absolute atomic E-state index is 12.0. The van der Waals surface area contributed by atoms with Crippen LogP contribution in [0.15, 0.2) is 0 Å². The molecule has 0 heterocycles. The molecule has 22 heavy (non-hydrogen) atoms. The first kappa shape index (κ1) is 21.9. The number of carbonyl (C=O) groups excluding carboxylic acids is 1. The second-order valence-electron chi connectivity index (χ2n) is 6.79. The molecule has 0 aromatic rings. The van der Waals surface area contributed by atoms with Crippen molar-refractivity contribution in [2.75, 3.05) is 31.3 Å². The zero-order valence-corrected chi connectivity index (χ0v) is 16.3. The van der Waals surface area contributed by atoms with Crippen molar-refractivity contribution in [3.05, 3.63) is 0 Å². The first-order chi connectivity index (χ1) is 10.5. The Morgan fingerprint density at radius 2 is 1.09 bits per heavy atom. The van der Waals surface area contributed by atoms with Crippen LogP contribution in [-0.4, -0.2) is 42.3 Å². The van der Waals surface area contributed by atoms with Crippen LogP contribution in [-0.2, 0) is 9.32 Å². The van der Waals surface area contributed by atoms with Gasteiger partial charge in [-0.15, -0.1) is 0 Å². The fraction of sp³-hybridized carbons (Fsp3) is 0.944. The zero-order valence-electron chi connectivity index (χ0n) is 15.4. The molecule has 0 saturated carbocycles. The van der Waals surface area contributed by atoms with E-state index >= 15 is 0 Å². The van der Waals surface area contributed by atoms with Gasteiger partial charge in [-0.2, -0.15) is 0 Å². The van der Waals surface area contributed by atoms with Crippen molar-refractivity contribution >= 4 is 12.8 Å². The molecule has 134 valence electrons. The average Bonchev–Trinajstić information content (AvgIpc) is 2.55. The molecule has 0 unspecified atom stereocenters. The third-order valence-corrected chi connectivity index (χ3v) is 11.3. The SMILES string of the molecule is CCCCP(CCCC)(CCCC)(CCCC)OC(=O)CO. The van der Waals surface area contributed by atoms with Gasteiger partial charge in [0.2, 0.25) is 0 Å². The van der Waals surface area contributed by atoms with E-state index in [1.54, 1.807) is 0 Å². The van der Waals surface area contributed by atoms with Gasteiger partial charge in [0.1, 0.15) is 0 Å². The van der Waals surface area contributed by atoms with Crippen molar-refractivity contribution in [3.8, 4) is 0 Å². The summed E-state index contributed by atoms with van der Waals surface area (Å²) in [4.78, 5) is 12.0. The predicted molar refractivity (Wildman–Crippen MR) is 99.2 cm³/mol. The van der Waals surface area contributed by atoms with Crippen LogP contribution >= 0.6 is 6.83 Å². The second kappa shape index (κ2) is 11.4. The molecule has 0 aromatic carbocycles. The van der Waals surface area contributed by atoms with Crippen LogP contribution in [0.25, 0.3) is 0 Å². The summed E-state index contributed by atoms with van der Waals surface area (Å²) >= 11 is 0. The molecule has 4 heteroatoms. The Morgan fingerprint density at radius 3 is 1.32 bits per heavy atom. The van der Waals surface area contributed by atoms with E-state index in [0.29, 0.717) is 0 Å². The molecule has 0 bridgehead atoms. The van der Waals surface area contributed by atoms with E-state index in [2.05, 4.69) is 27.7 Å². The van der Waals surface area contributed by atoms with Crippen molar-refractivity contribution in [2.24, 2.45) is 0 Å². The average molecular weight is 334 g/mol. The maximum atomic E-state index is 12.0. The monoisotopic (exact) mass is 334 g/mol. The molecular formula is C18H39O3P. The third kappa shape index (κ3) is 6.96. The van der Waals surface area contributed by atoms with Crippen LogP contribution in [0.4, 0.5) is 0 Å². The minimum absolute atomic E-state index is 0.392. The van der Waals surface area contributed by atoms with Crippen molar-refractivity contribution in [2.45, 2.75) is 79.1 Å². The van der Waals surface area contributed by atoms with Gasteiger partial charge in [0.15, 0.2) is 0 Å². The fourth-order valence-electron chi connectivity index (χ4n) is 3.40. The number of aliphatic hydroxyl groups excluding tert-OH is 1. The summed E-state index contributed by atoms with van der Waals surface area (Å²) < 4.78 is 6.22. The van der Waals surface area contributed by atoms with Crippen LogP contribution < -0.4 is 0 Å². The Labute approximate surface area is 138 Å². The van der Waals surface area contributed by atoms with E-state index in [4.69, 9.17) is 4.52 Å². The fourth-order valence-corrected chi connectivity index (χ4v) is 10.2. The van der Waals surface area contributed by atoms with Crippen molar-refractivity contribution in [1.82, 2.24) is 0 Å². The van der Waals surface area contributed by atoms with Crippen molar-refractivity contribution in [1.29, 1.82) is 0 Å². The van der Waals surface area contributed by atoms with Gasteiger partial charge < -0.3 is 0 Å². The summed E-state index contributed by atoms with van der Waals surface area (Å²) in [5, 5.41) is 9.26. The molecule has 0 atom stereocenters. The molecule has 0 radical (unpaired) electrons. The summed E-state index contributed by atoms with van der Waals surface area (Å²) in [6, 6.07) is 0. The van der Waals surface area contributed by atoms with E-state index in [1.165, 1.54) is 0 Å². The van der Waals surface area contributed by atoms with Gasteiger partial charge in [-0.05, 0) is 0 Å². The van der Waals surface area contributed by atoms with Crippen LogP contribution in [0.3, 0.4) is 0 Å². The number of hydrogen-bond donors (Lipinski definition) is 1. The molecule has 0 spiro atoms. The number of hydrogen-bond acceptors (Lipinski definition) is 3. The summed E-state index contributed by atoms with van der Waals surface area (Å²) in [5.41, 5.74) is 0.